The van der Waals surface area contributed by atoms with Crippen molar-refractivity contribution in [2.45, 2.75) is 25.3 Å². The summed E-state index contributed by atoms with van der Waals surface area (Å²) in [6, 6.07) is 19.1. The highest BCUT2D eigenvalue weighted by molar-refractivity contribution is 7.89. The maximum Gasteiger partial charge on any atom is 0.262 e. The molecule has 8 heteroatoms. The molecule has 0 heterocycles. The van der Waals surface area contributed by atoms with Crippen molar-refractivity contribution in [3.63, 3.8) is 0 Å². The van der Waals surface area contributed by atoms with Crippen LogP contribution in [0, 0.1) is 13.8 Å². The first-order valence-electron chi connectivity index (χ1n) is 9.57. The molecular weight excluding hydrogens is 436 g/mol. The van der Waals surface area contributed by atoms with E-state index in [1.807, 2.05) is 62.4 Å². The fourth-order valence-electron chi connectivity index (χ4n) is 2.82. The van der Waals surface area contributed by atoms with E-state index in [4.69, 9.17) is 16.3 Å². The lowest BCUT2D eigenvalue weighted by Gasteiger charge is -2.12. The first-order valence-corrected chi connectivity index (χ1v) is 11.4. The van der Waals surface area contributed by atoms with Crippen molar-refractivity contribution < 1.29 is 17.9 Å². The SMILES string of the molecule is Cc1ccc(C)c(NC(=O)COc2ccc(S(=O)(=O)NCc3ccccc3)cc2Cl)c1. The number of amides is 1. The van der Waals surface area contributed by atoms with Gasteiger partial charge in [0.15, 0.2) is 6.61 Å². The van der Waals surface area contributed by atoms with Gasteiger partial charge >= 0.3 is 0 Å². The summed E-state index contributed by atoms with van der Waals surface area (Å²) in [6.45, 7) is 3.75. The van der Waals surface area contributed by atoms with Gasteiger partial charge in [-0.25, -0.2) is 13.1 Å². The highest BCUT2D eigenvalue weighted by atomic mass is 35.5. The molecule has 0 aliphatic carbocycles. The third kappa shape index (κ3) is 6.30. The Hall–Kier alpha value is -2.87. The molecule has 0 aliphatic rings. The van der Waals surface area contributed by atoms with Gasteiger partial charge in [0, 0.05) is 12.2 Å². The van der Waals surface area contributed by atoms with Crippen LogP contribution in [-0.2, 0) is 21.4 Å². The predicted molar refractivity (Wildman–Crippen MR) is 122 cm³/mol. The Kier molecular flexibility index (Phi) is 7.33. The number of anilines is 1. The van der Waals surface area contributed by atoms with Crippen LogP contribution in [0.4, 0.5) is 5.69 Å². The summed E-state index contributed by atoms with van der Waals surface area (Å²) in [7, 11) is -3.75. The van der Waals surface area contributed by atoms with Gasteiger partial charge in [-0.1, -0.05) is 54.1 Å². The number of hydrogen-bond acceptors (Lipinski definition) is 4. The van der Waals surface area contributed by atoms with E-state index < -0.39 is 10.0 Å². The molecule has 0 fully saturated rings. The zero-order valence-electron chi connectivity index (χ0n) is 17.2. The topological polar surface area (TPSA) is 84.5 Å². The van der Waals surface area contributed by atoms with Crippen molar-refractivity contribution in [1.82, 2.24) is 4.72 Å². The van der Waals surface area contributed by atoms with Gasteiger partial charge in [0.1, 0.15) is 5.75 Å². The van der Waals surface area contributed by atoms with Gasteiger partial charge < -0.3 is 10.1 Å². The van der Waals surface area contributed by atoms with E-state index in [0.29, 0.717) is 5.69 Å². The molecule has 0 aliphatic heterocycles. The zero-order chi connectivity index (χ0) is 22.4. The van der Waals surface area contributed by atoms with Crippen molar-refractivity contribution in [2.75, 3.05) is 11.9 Å². The lowest BCUT2D eigenvalue weighted by atomic mass is 10.1. The van der Waals surface area contributed by atoms with Crippen LogP contribution < -0.4 is 14.8 Å². The fraction of sp³-hybridized carbons (Fsp3) is 0.174. The number of carbonyl (C=O) groups is 1. The van der Waals surface area contributed by atoms with E-state index in [1.165, 1.54) is 18.2 Å². The monoisotopic (exact) mass is 458 g/mol. The molecule has 3 aromatic rings. The second-order valence-electron chi connectivity index (χ2n) is 7.06. The summed E-state index contributed by atoms with van der Waals surface area (Å²) in [5.41, 5.74) is 3.52. The van der Waals surface area contributed by atoms with Gasteiger partial charge in [-0.05, 0) is 54.8 Å². The Morgan fingerprint density at radius 1 is 1.00 bits per heavy atom. The predicted octanol–water partition coefficient (Wildman–Crippen LogP) is 4.45. The van der Waals surface area contributed by atoms with Crippen molar-refractivity contribution in [1.29, 1.82) is 0 Å². The second-order valence-corrected chi connectivity index (χ2v) is 9.23. The number of ether oxygens (including phenoxy) is 1. The molecule has 0 aromatic heterocycles. The van der Waals surface area contributed by atoms with Crippen molar-refractivity contribution >= 4 is 33.2 Å². The zero-order valence-corrected chi connectivity index (χ0v) is 18.8. The lowest BCUT2D eigenvalue weighted by Crippen LogP contribution is -2.23. The van der Waals surface area contributed by atoms with E-state index in [-0.39, 0.29) is 34.7 Å². The molecule has 6 nitrogen and oxygen atoms in total. The Morgan fingerprint density at radius 3 is 2.45 bits per heavy atom. The number of aryl methyl sites for hydroxylation is 2. The minimum absolute atomic E-state index is 0.0145. The molecule has 3 rings (SSSR count). The molecule has 2 N–H and O–H groups in total. The van der Waals surface area contributed by atoms with Gasteiger partial charge in [-0.15, -0.1) is 0 Å². The maximum absolute atomic E-state index is 12.5. The van der Waals surface area contributed by atoms with Crippen molar-refractivity contribution in [3.05, 3.63) is 88.4 Å². The molecule has 1 amide bonds. The third-order valence-electron chi connectivity index (χ3n) is 4.55. The van der Waals surface area contributed by atoms with Crippen LogP contribution in [0.1, 0.15) is 16.7 Å². The summed E-state index contributed by atoms with van der Waals surface area (Å²) in [6.07, 6.45) is 0. The fourth-order valence-corrected chi connectivity index (χ4v) is 4.17. The first kappa shape index (κ1) is 22.8. The molecule has 0 unspecified atom stereocenters. The van der Waals surface area contributed by atoms with E-state index >= 15 is 0 Å². The minimum atomic E-state index is -3.75. The lowest BCUT2D eigenvalue weighted by molar-refractivity contribution is -0.118. The van der Waals surface area contributed by atoms with Gasteiger partial charge in [0.25, 0.3) is 5.91 Å². The standard InChI is InChI=1S/C23H23ClN2O4S/c1-16-8-9-17(2)21(12-16)26-23(27)15-30-22-11-10-19(13-20(22)24)31(28,29)25-14-18-6-4-3-5-7-18/h3-13,25H,14-15H2,1-2H3,(H,26,27). The molecule has 0 bridgehead atoms. The van der Waals surface area contributed by atoms with E-state index in [2.05, 4.69) is 10.0 Å². The van der Waals surface area contributed by atoms with Gasteiger partial charge in [-0.2, -0.15) is 0 Å². The van der Waals surface area contributed by atoms with Crippen LogP contribution in [0.3, 0.4) is 0 Å². The van der Waals surface area contributed by atoms with E-state index in [1.54, 1.807) is 0 Å². The molecule has 0 radical (unpaired) electrons. The van der Waals surface area contributed by atoms with Crippen LogP contribution in [0.15, 0.2) is 71.6 Å². The molecule has 3 aromatic carbocycles. The van der Waals surface area contributed by atoms with Crippen LogP contribution in [0.5, 0.6) is 5.75 Å². The Balaban J connectivity index is 1.61. The number of carbonyl (C=O) groups excluding carboxylic acids is 1. The highest BCUT2D eigenvalue weighted by Crippen LogP contribution is 2.27. The number of halogens is 1. The van der Waals surface area contributed by atoms with Crippen molar-refractivity contribution in [2.24, 2.45) is 0 Å². The average Bonchev–Trinajstić information content (AvgIpc) is 2.75. The van der Waals surface area contributed by atoms with Crippen LogP contribution in [0.2, 0.25) is 5.02 Å². The van der Waals surface area contributed by atoms with E-state index in [0.717, 1.165) is 16.7 Å². The Bertz CT molecular complexity index is 1180. The van der Waals surface area contributed by atoms with E-state index in [9.17, 15) is 13.2 Å². The molecule has 31 heavy (non-hydrogen) atoms. The Labute approximate surface area is 187 Å². The summed E-state index contributed by atoms with van der Waals surface area (Å²) in [5, 5.41) is 2.89. The molecule has 0 saturated carbocycles. The summed E-state index contributed by atoms with van der Waals surface area (Å²) >= 11 is 6.19. The summed E-state index contributed by atoms with van der Waals surface area (Å²) < 4.78 is 33.1. The minimum Gasteiger partial charge on any atom is -0.482 e. The number of benzene rings is 3. The van der Waals surface area contributed by atoms with Gasteiger partial charge in [0.2, 0.25) is 10.0 Å². The third-order valence-corrected chi connectivity index (χ3v) is 6.24. The largest absolute Gasteiger partial charge is 0.482 e. The number of hydrogen-bond donors (Lipinski definition) is 2. The van der Waals surface area contributed by atoms with Gasteiger partial charge in [-0.3, -0.25) is 4.79 Å². The number of sulfonamides is 1. The van der Waals surface area contributed by atoms with Crippen LogP contribution >= 0.6 is 11.6 Å². The highest BCUT2D eigenvalue weighted by Gasteiger charge is 2.16. The molecule has 0 saturated heterocycles. The van der Waals surface area contributed by atoms with Crippen LogP contribution in [-0.4, -0.2) is 20.9 Å². The summed E-state index contributed by atoms with van der Waals surface area (Å²) in [4.78, 5) is 12.2. The molecule has 0 atom stereocenters. The van der Waals surface area contributed by atoms with Crippen molar-refractivity contribution in [3.8, 4) is 5.75 Å². The quantitative estimate of drug-likeness (QED) is 0.522. The second kappa shape index (κ2) is 9.96. The molecule has 0 spiro atoms. The average molecular weight is 459 g/mol. The smallest absolute Gasteiger partial charge is 0.262 e. The maximum atomic E-state index is 12.5. The number of rotatable bonds is 8. The van der Waals surface area contributed by atoms with Gasteiger partial charge in [0.05, 0.1) is 9.92 Å². The Morgan fingerprint density at radius 2 is 1.74 bits per heavy atom. The number of nitrogens with one attached hydrogen (secondary N) is 2. The molecule has 162 valence electrons. The van der Waals surface area contributed by atoms with Crippen LogP contribution in [0.25, 0.3) is 0 Å². The normalized spacial score (nSPS) is 11.2. The first-order chi connectivity index (χ1) is 14.7. The molecular formula is C23H23ClN2O4S. The summed E-state index contributed by atoms with van der Waals surface area (Å²) in [5.74, 6) is -0.120.